The van der Waals surface area contributed by atoms with E-state index >= 15 is 0 Å². The van der Waals surface area contributed by atoms with Crippen LogP contribution in [0.1, 0.15) is 12.5 Å². The molecule has 1 aliphatic rings. The molecule has 4 N–H and O–H groups in total. The first-order chi connectivity index (χ1) is 9.88. The molecule has 1 heterocycles. The maximum absolute atomic E-state index is 11.9. The molecule has 0 radical (unpaired) electrons. The van der Waals surface area contributed by atoms with E-state index in [0.29, 0.717) is 11.4 Å². The van der Waals surface area contributed by atoms with Gasteiger partial charge < -0.3 is 10.6 Å². The molecular formula is C15H17N3O2S. The SMILES string of the molecule is CC1Cc2ccccc2N1c1ccc(N)cc1S(N)(=O)=O. The molecule has 2 aromatic rings. The van der Waals surface area contributed by atoms with Crippen molar-refractivity contribution >= 4 is 27.1 Å². The largest absolute Gasteiger partial charge is 0.399 e. The van der Waals surface area contributed by atoms with Crippen molar-refractivity contribution in [2.24, 2.45) is 5.14 Å². The van der Waals surface area contributed by atoms with Crippen molar-refractivity contribution in [2.45, 2.75) is 24.3 Å². The molecule has 0 aromatic heterocycles. The van der Waals surface area contributed by atoms with Crippen LogP contribution in [-0.2, 0) is 16.4 Å². The number of benzene rings is 2. The van der Waals surface area contributed by atoms with Gasteiger partial charge in [-0.05, 0) is 43.2 Å². The Bertz CT molecular complexity index is 802. The highest BCUT2D eigenvalue weighted by atomic mass is 32.2. The Kier molecular flexibility index (Phi) is 3.15. The van der Waals surface area contributed by atoms with Crippen molar-refractivity contribution in [1.82, 2.24) is 0 Å². The molecule has 0 spiro atoms. The Labute approximate surface area is 124 Å². The fourth-order valence-electron chi connectivity index (χ4n) is 2.89. The Morgan fingerprint density at radius 3 is 2.57 bits per heavy atom. The van der Waals surface area contributed by atoms with Crippen LogP contribution in [-0.4, -0.2) is 14.5 Å². The second-order valence-electron chi connectivity index (χ2n) is 5.32. The van der Waals surface area contributed by atoms with Crippen LogP contribution < -0.4 is 15.8 Å². The van der Waals surface area contributed by atoms with Crippen molar-refractivity contribution < 1.29 is 8.42 Å². The summed E-state index contributed by atoms with van der Waals surface area (Å²) in [6, 6.07) is 13.0. The molecule has 110 valence electrons. The molecule has 1 aliphatic heterocycles. The molecule has 0 fully saturated rings. The van der Waals surface area contributed by atoms with Crippen LogP contribution in [0.4, 0.5) is 17.1 Å². The van der Waals surface area contributed by atoms with Crippen molar-refractivity contribution in [3.63, 3.8) is 0 Å². The van der Waals surface area contributed by atoms with Crippen molar-refractivity contribution in [1.29, 1.82) is 0 Å². The average Bonchev–Trinajstić information content (AvgIpc) is 2.74. The van der Waals surface area contributed by atoms with Gasteiger partial charge in [0.2, 0.25) is 10.0 Å². The monoisotopic (exact) mass is 303 g/mol. The van der Waals surface area contributed by atoms with Gasteiger partial charge in [0.25, 0.3) is 0 Å². The van der Waals surface area contributed by atoms with Gasteiger partial charge in [-0.3, -0.25) is 0 Å². The van der Waals surface area contributed by atoms with E-state index < -0.39 is 10.0 Å². The van der Waals surface area contributed by atoms with Gasteiger partial charge >= 0.3 is 0 Å². The third kappa shape index (κ3) is 2.36. The van der Waals surface area contributed by atoms with Crippen molar-refractivity contribution in [3.05, 3.63) is 48.0 Å². The molecule has 1 unspecified atom stereocenters. The molecule has 6 heteroatoms. The highest BCUT2D eigenvalue weighted by Gasteiger charge is 2.30. The van der Waals surface area contributed by atoms with Crippen LogP contribution >= 0.6 is 0 Å². The molecule has 0 aliphatic carbocycles. The second kappa shape index (κ2) is 4.75. The van der Waals surface area contributed by atoms with Gasteiger partial charge in [0.15, 0.2) is 0 Å². The van der Waals surface area contributed by atoms with Crippen LogP contribution in [0.2, 0.25) is 0 Å². The zero-order valence-electron chi connectivity index (χ0n) is 11.7. The van der Waals surface area contributed by atoms with Gasteiger partial charge in [-0.25, -0.2) is 13.6 Å². The summed E-state index contributed by atoms with van der Waals surface area (Å²) in [6.07, 6.45) is 0.866. The molecule has 5 nitrogen and oxygen atoms in total. The maximum Gasteiger partial charge on any atom is 0.240 e. The van der Waals surface area contributed by atoms with E-state index in [9.17, 15) is 8.42 Å². The van der Waals surface area contributed by atoms with Crippen LogP contribution in [0.25, 0.3) is 0 Å². The first-order valence-electron chi connectivity index (χ1n) is 6.67. The Balaban J connectivity index is 2.22. The fraction of sp³-hybridized carbons (Fsp3) is 0.200. The third-order valence-corrected chi connectivity index (χ3v) is 4.70. The number of rotatable bonds is 2. The highest BCUT2D eigenvalue weighted by molar-refractivity contribution is 7.89. The Morgan fingerprint density at radius 1 is 1.14 bits per heavy atom. The molecule has 0 bridgehead atoms. The quantitative estimate of drug-likeness (QED) is 0.830. The lowest BCUT2D eigenvalue weighted by Gasteiger charge is -2.27. The average molecular weight is 303 g/mol. The topological polar surface area (TPSA) is 89.4 Å². The highest BCUT2D eigenvalue weighted by Crippen LogP contribution is 2.41. The summed E-state index contributed by atoms with van der Waals surface area (Å²) in [4.78, 5) is 2.07. The van der Waals surface area contributed by atoms with Crippen LogP contribution in [0.3, 0.4) is 0 Å². The van der Waals surface area contributed by atoms with E-state index in [1.54, 1.807) is 12.1 Å². The summed E-state index contributed by atoms with van der Waals surface area (Å²) >= 11 is 0. The summed E-state index contributed by atoms with van der Waals surface area (Å²) < 4.78 is 23.8. The lowest BCUT2D eigenvalue weighted by Crippen LogP contribution is -2.27. The number of para-hydroxylation sites is 1. The Hall–Kier alpha value is -2.05. The number of hydrogen-bond acceptors (Lipinski definition) is 4. The van der Waals surface area contributed by atoms with Gasteiger partial charge in [0, 0.05) is 17.4 Å². The van der Waals surface area contributed by atoms with Crippen LogP contribution in [0.15, 0.2) is 47.4 Å². The van der Waals surface area contributed by atoms with Crippen molar-refractivity contribution in [2.75, 3.05) is 10.6 Å². The van der Waals surface area contributed by atoms with E-state index in [2.05, 4.69) is 13.0 Å². The number of nitrogens with two attached hydrogens (primary N) is 2. The molecule has 2 aromatic carbocycles. The summed E-state index contributed by atoms with van der Waals surface area (Å²) in [5.41, 5.74) is 8.87. The summed E-state index contributed by atoms with van der Waals surface area (Å²) in [6.45, 7) is 2.06. The predicted molar refractivity (Wildman–Crippen MR) is 84.0 cm³/mol. The molecule has 21 heavy (non-hydrogen) atoms. The first kappa shape index (κ1) is 13.9. The molecular weight excluding hydrogens is 286 g/mol. The minimum absolute atomic E-state index is 0.0612. The number of nitrogen functional groups attached to an aromatic ring is 1. The number of fused-ring (bicyclic) bond motifs is 1. The number of hydrogen-bond donors (Lipinski definition) is 2. The number of primary sulfonamides is 1. The predicted octanol–water partition coefficient (Wildman–Crippen LogP) is 2.00. The second-order valence-corrected chi connectivity index (χ2v) is 6.85. The minimum Gasteiger partial charge on any atom is -0.399 e. The maximum atomic E-state index is 11.9. The zero-order chi connectivity index (χ0) is 15.2. The normalized spacial score (nSPS) is 17.8. The molecule has 1 atom stereocenters. The summed E-state index contributed by atoms with van der Waals surface area (Å²) in [5.74, 6) is 0. The summed E-state index contributed by atoms with van der Waals surface area (Å²) in [5, 5.41) is 5.35. The van der Waals surface area contributed by atoms with Crippen LogP contribution in [0, 0.1) is 0 Å². The molecule has 3 rings (SSSR count). The first-order valence-corrected chi connectivity index (χ1v) is 8.22. The third-order valence-electron chi connectivity index (χ3n) is 3.76. The smallest absolute Gasteiger partial charge is 0.240 e. The number of anilines is 3. The number of nitrogens with zero attached hydrogens (tertiary/aromatic N) is 1. The number of sulfonamides is 1. The van der Waals surface area contributed by atoms with Gasteiger partial charge in [-0.1, -0.05) is 18.2 Å². The van der Waals surface area contributed by atoms with Gasteiger partial charge in [0.05, 0.1) is 5.69 Å². The van der Waals surface area contributed by atoms with E-state index in [-0.39, 0.29) is 10.9 Å². The minimum atomic E-state index is -3.84. The van der Waals surface area contributed by atoms with Crippen molar-refractivity contribution in [3.8, 4) is 0 Å². The lowest BCUT2D eigenvalue weighted by atomic mass is 10.1. The van der Waals surface area contributed by atoms with Gasteiger partial charge in [-0.15, -0.1) is 0 Å². The summed E-state index contributed by atoms with van der Waals surface area (Å²) in [7, 11) is -3.84. The van der Waals surface area contributed by atoms with E-state index in [1.165, 1.54) is 11.6 Å². The molecule has 0 saturated carbocycles. The van der Waals surface area contributed by atoms with Gasteiger partial charge in [-0.2, -0.15) is 0 Å². The lowest BCUT2D eigenvalue weighted by molar-refractivity contribution is 0.597. The fourth-order valence-corrected chi connectivity index (χ4v) is 3.65. The van der Waals surface area contributed by atoms with E-state index in [0.717, 1.165) is 12.1 Å². The molecule has 0 saturated heterocycles. The van der Waals surface area contributed by atoms with Crippen LogP contribution in [0.5, 0.6) is 0 Å². The standard InChI is InChI=1S/C15H17N3O2S/c1-10-8-11-4-2-3-5-13(11)18(10)14-7-6-12(16)9-15(14)21(17,19)20/h2-7,9-10H,8,16H2,1H3,(H2,17,19,20). The van der Waals surface area contributed by atoms with E-state index in [1.807, 2.05) is 23.1 Å². The zero-order valence-corrected chi connectivity index (χ0v) is 12.5. The molecule has 0 amide bonds. The Morgan fingerprint density at radius 2 is 1.86 bits per heavy atom. The van der Waals surface area contributed by atoms with Gasteiger partial charge in [0.1, 0.15) is 4.90 Å². The van der Waals surface area contributed by atoms with E-state index in [4.69, 9.17) is 10.9 Å².